The second kappa shape index (κ2) is 6.77. The zero-order chi connectivity index (χ0) is 17.3. The Bertz CT molecular complexity index is 858. The van der Waals surface area contributed by atoms with E-state index in [9.17, 15) is 8.42 Å². The first-order valence-corrected chi connectivity index (χ1v) is 9.99. The van der Waals surface area contributed by atoms with Crippen LogP contribution >= 0.6 is 12.2 Å². The molecule has 3 rings (SSSR count). The lowest BCUT2D eigenvalue weighted by Gasteiger charge is -2.30. The van der Waals surface area contributed by atoms with Crippen LogP contribution in [0.3, 0.4) is 0 Å². The number of aromatic amines is 1. The Kier molecular flexibility index (Phi) is 4.88. The predicted octanol–water partition coefficient (Wildman–Crippen LogP) is 1.75. The number of hydrogen-bond acceptors (Lipinski definition) is 5. The van der Waals surface area contributed by atoms with Gasteiger partial charge in [-0.1, -0.05) is 0 Å². The molecule has 8 nitrogen and oxygen atoms in total. The zero-order valence-corrected chi connectivity index (χ0v) is 15.5. The van der Waals surface area contributed by atoms with Crippen molar-refractivity contribution in [2.24, 2.45) is 0 Å². The Morgan fingerprint density at radius 3 is 2.58 bits per heavy atom. The van der Waals surface area contributed by atoms with Gasteiger partial charge in [0.05, 0.1) is 6.20 Å². The molecule has 24 heavy (non-hydrogen) atoms. The summed E-state index contributed by atoms with van der Waals surface area (Å²) in [6.45, 7) is 6.33. The number of aromatic nitrogens is 5. The van der Waals surface area contributed by atoms with E-state index in [0.29, 0.717) is 24.4 Å². The summed E-state index contributed by atoms with van der Waals surface area (Å²) in [4.78, 5) is 0.263. The number of H-pyrrole nitrogens is 1. The van der Waals surface area contributed by atoms with Gasteiger partial charge in [0.25, 0.3) is 0 Å². The van der Waals surface area contributed by atoms with E-state index >= 15 is 0 Å². The van der Waals surface area contributed by atoms with E-state index in [1.165, 1.54) is 10.5 Å². The van der Waals surface area contributed by atoms with Gasteiger partial charge >= 0.3 is 0 Å². The van der Waals surface area contributed by atoms with Gasteiger partial charge in [-0.05, 0) is 38.9 Å². The van der Waals surface area contributed by atoms with Gasteiger partial charge in [-0.15, -0.1) is 0 Å². The molecule has 1 aliphatic rings. The highest BCUT2D eigenvalue weighted by Gasteiger charge is 2.32. The van der Waals surface area contributed by atoms with Crippen LogP contribution in [0.5, 0.6) is 0 Å². The molecule has 0 bridgehead atoms. The molecule has 1 aliphatic heterocycles. The largest absolute Gasteiger partial charge is 0.304 e. The number of rotatable bonds is 5. The minimum atomic E-state index is -3.47. The van der Waals surface area contributed by atoms with E-state index in [2.05, 4.69) is 15.3 Å². The summed E-state index contributed by atoms with van der Waals surface area (Å²) >= 11 is 5.23. The highest BCUT2D eigenvalue weighted by atomic mass is 32.2. The van der Waals surface area contributed by atoms with Crippen LogP contribution in [0.1, 0.15) is 38.4 Å². The lowest BCUT2D eigenvalue weighted by Crippen LogP contribution is -2.38. The average molecular weight is 371 g/mol. The number of nitrogens with one attached hydrogen (secondary N) is 1. The Labute approximate surface area is 146 Å². The molecule has 0 radical (unpaired) electrons. The second-order valence-electron chi connectivity index (χ2n) is 5.84. The molecule has 2 aromatic heterocycles. The van der Waals surface area contributed by atoms with Crippen LogP contribution in [0.25, 0.3) is 0 Å². The van der Waals surface area contributed by atoms with Crippen molar-refractivity contribution in [2.75, 3.05) is 13.1 Å². The van der Waals surface area contributed by atoms with Gasteiger partial charge in [0.2, 0.25) is 10.0 Å². The van der Waals surface area contributed by atoms with Gasteiger partial charge in [0.15, 0.2) is 4.77 Å². The molecule has 0 unspecified atom stereocenters. The van der Waals surface area contributed by atoms with Crippen molar-refractivity contribution < 1.29 is 8.42 Å². The summed E-state index contributed by atoms with van der Waals surface area (Å²) in [5, 5.41) is 11.2. The molecule has 132 valence electrons. The monoisotopic (exact) mass is 370 g/mol. The van der Waals surface area contributed by atoms with E-state index in [1.807, 2.05) is 18.4 Å². The van der Waals surface area contributed by atoms with Gasteiger partial charge in [-0.25, -0.2) is 8.42 Å². The van der Waals surface area contributed by atoms with Crippen LogP contribution in [0.4, 0.5) is 0 Å². The normalized spacial score (nSPS) is 17.4. The zero-order valence-electron chi connectivity index (χ0n) is 13.8. The molecular formula is C14H22N6O2S2. The third-order valence-corrected chi connectivity index (χ3v) is 6.66. The summed E-state index contributed by atoms with van der Waals surface area (Å²) in [6.07, 6.45) is 4.48. The first kappa shape index (κ1) is 17.3. The first-order valence-electron chi connectivity index (χ1n) is 8.15. The Hall–Kier alpha value is -1.52. The summed E-state index contributed by atoms with van der Waals surface area (Å²) in [7, 11) is -3.47. The van der Waals surface area contributed by atoms with Crippen LogP contribution in [-0.4, -0.2) is 50.4 Å². The maximum absolute atomic E-state index is 12.7. The van der Waals surface area contributed by atoms with Crippen molar-refractivity contribution in [3.05, 3.63) is 23.0 Å². The molecule has 0 atom stereocenters. The van der Waals surface area contributed by atoms with Gasteiger partial charge in [-0.3, -0.25) is 9.78 Å². The van der Waals surface area contributed by atoms with Crippen LogP contribution in [0.2, 0.25) is 0 Å². The Balaban J connectivity index is 1.73. The third kappa shape index (κ3) is 3.05. The van der Waals surface area contributed by atoms with Gasteiger partial charge in [0, 0.05) is 38.3 Å². The summed E-state index contributed by atoms with van der Waals surface area (Å²) in [5.74, 6) is 1.15. The molecular weight excluding hydrogens is 348 g/mol. The van der Waals surface area contributed by atoms with Crippen molar-refractivity contribution in [1.82, 2.24) is 28.9 Å². The highest BCUT2D eigenvalue weighted by molar-refractivity contribution is 7.89. The minimum Gasteiger partial charge on any atom is -0.304 e. The molecule has 0 amide bonds. The fourth-order valence-corrected chi connectivity index (χ4v) is 4.79. The van der Waals surface area contributed by atoms with E-state index < -0.39 is 10.0 Å². The fraction of sp³-hybridized carbons (Fsp3) is 0.643. The molecule has 0 saturated carbocycles. The van der Waals surface area contributed by atoms with E-state index in [-0.39, 0.29) is 10.8 Å². The molecule has 1 saturated heterocycles. The number of piperidine rings is 1. The molecule has 0 aromatic carbocycles. The molecule has 3 heterocycles. The summed E-state index contributed by atoms with van der Waals surface area (Å²) in [5.41, 5.74) is 0. The van der Waals surface area contributed by atoms with Gasteiger partial charge in [0.1, 0.15) is 10.7 Å². The molecule has 1 fully saturated rings. The SMILES string of the molecule is CCn1cc(S(=O)(=O)N2CCC(c3n[nH]c(=S)n3CC)CC2)cn1. The second-order valence-corrected chi connectivity index (χ2v) is 8.17. The van der Waals surface area contributed by atoms with Crippen molar-refractivity contribution >= 4 is 22.2 Å². The van der Waals surface area contributed by atoms with Crippen molar-refractivity contribution in [2.45, 2.75) is 50.6 Å². The van der Waals surface area contributed by atoms with Crippen molar-refractivity contribution in [1.29, 1.82) is 0 Å². The fourth-order valence-electron chi connectivity index (χ4n) is 3.10. The predicted molar refractivity (Wildman–Crippen MR) is 91.7 cm³/mol. The standard InChI is InChI=1S/C14H22N6O2S2/c1-3-18-10-12(9-15-18)24(21,22)19-7-5-11(6-8-19)13-16-17-14(23)20(13)4-2/h9-11H,3-8H2,1-2H3,(H,17,23). The highest BCUT2D eigenvalue weighted by Crippen LogP contribution is 2.29. The lowest BCUT2D eigenvalue weighted by molar-refractivity contribution is 0.309. The number of hydrogen-bond donors (Lipinski definition) is 1. The molecule has 10 heteroatoms. The molecule has 0 spiro atoms. The van der Waals surface area contributed by atoms with Crippen LogP contribution in [0.15, 0.2) is 17.3 Å². The lowest BCUT2D eigenvalue weighted by atomic mass is 9.97. The van der Waals surface area contributed by atoms with Gasteiger partial charge < -0.3 is 4.57 Å². The maximum atomic E-state index is 12.7. The van der Waals surface area contributed by atoms with E-state index in [1.54, 1.807) is 10.9 Å². The first-order chi connectivity index (χ1) is 11.5. The van der Waals surface area contributed by atoms with Gasteiger partial charge in [-0.2, -0.15) is 14.5 Å². The molecule has 2 aromatic rings. The molecule has 0 aliphatic carbocycles. The van der Waals surface area contributed by atoms with Crippen LogP contribution in [-0.2, 0) is 23.1 Å². The molecule has 1 N–H and O–H groups in total. The summed E-state index contributed by atoms with van der Waals surface area (Å²) in [6, 6.07) is 0. The topological polar surface area (TPSA) is 88.8 Å². The number of nitrogens with zero attached hydrogens (tertiary/aromatic N) is 5. The third-order valence-electron chi connectivity index (χ3n) is 4.49. The summed E-state index contributed by atoms with van der Waals surface area (Å²) < 4.78 is 31.2. The Morgan fingerprint density at radius 2 is 2.00 bits per heavy atom. The maximum Gasteiger partial charge on any atom is 0.246 e. The van der Waals surface area contributed by atoms with E-state index in [0.717, 1.165) is 25.2 Å². The quantitative estimate of drug-likeness (QED) is 0.810. The Morgan fingerprint density at radius 1 is 1.29 bits per heavy atom. The van der Waals surface area contributed by atoms with Crippen LogP contribution in [0, 0.1) is 4.77 Å². The van der Waals surface area contributed by atoms with E-state index in [4.69, 9.17) is 12.2 Å². The minimum absolute atomic E-state index is 0.225. The number of sulfonamides is 1. The van der Waals surface area contributed by atoms with Crippen LogP contribution < -0.4 is 0 Å². The van der Waals surface area contributed by atoms with Crippen molar-refractivity contribution in [3.8, 4) is 0 Å². The smallest absolute Gasteiger partial charge is 0.246 e. The number of aryl methyl sites for hydroxylation is 1. The van der Waals surface area contributed by atoms with Crippen molar-refractivity contribution in [3.63, 3.8) is 0 Å². The average Bonchev–Trinajstić information content (AvgIpc) is 3.21.